The number of rotatable bonds is 5. The molecule has 1 fully saturated rings. The molecule has 3 aromatic rings. The summed E-state index contributed by atoms with van der Waals surface area (Å²) in [6.45, 7) is 3.48. The molecular formula is C19H22N6O6S. The predicted molar refractivity (Wildman–Crippen MR) is 116 cm³/mol. The van der Waals surface area contributed by atoms with E-state index in [0.717, 1.165) is 36.7 Å². The number of aromatic nitrogens is 4. The van der Waals surface area contributed by atoms with Crippen molar-refractivity contribution in [2.45, 2.75) is 13.3 Å². The van der Waals surface area contributed by atoms with Crippen molar-refractivity contribution in [1.29, 1.82) is 0 Å². The number of nitrogens with one attached hydrogen (secondary N) is 1. The largest absolute Gasteiger partial charge is 0.504 e. The number of nitrogens with zero attached hydrogens (tertiary/aromatic N) is 4. The number of carbonyl (C=O) groups is 1. The Bertz CT molecular complexity index is 1160. The van der Waals surface area contributed by atoms with Crippen LogP contribution in [0.2, 0.25) is 0 Å². The highest BCUT2D eigenvalue weighted by atomic mass is 32.1. The third kappa shape index (κ3) is 5.50. The van der Waals surface area contributed by atoms with Gasteiger partial charge >= 0.3 is 5.63 Å². The van der Waals surface area contributed by atoms with Gasteiger partial charge in [0.2, 0.25) is 16.0 Å². The second-order valence-electron chi connectivity index (χ2n) is 6.43. The van der Waals surface area contributed by atoms with Gasteiger partial charge in [-0.25, -0.2) is 9.48 Å². The molecule has 13 heteroatoms. The van der Waals surface area contributed by atoms with E-state index in [4.69, 9.17) is 24.4 Å². The Morgan fingerprint density at radius 2 is 2.19 bits per heavy atom. The Morgan fingerprint density at radius 3 is 2.78 bits per heavy atom. The first-order valence-corrected chi connectivity index (χ1v) is 10.2. The zero-order valence-electron chi connectivity index (χ0n) is 17.7. The highest BCUT2D eigenvalue weighted by molar-refractivity contribution is 7.17. The number of nitrogen functional groups attached to an aromatic ring is 1. The lowest BCUT2D eigenvalue weighted by Gasteiger charge is -2.04. The minimum atomic E-state index is -0.840. The van der Waals surface area contributed by atoms with Crippen LogP contribution in [0.5, 0.6) is 5.75 Å². The highest BCUT2D eigenvalue weighted by Gasteiger charge is 2.18. The molecule has 1 saturated heterocycles. The fraction of sp³-hybridized carbons (Fsp3) is 0.316. The van der Waals surface area contributed by atoms with Gasteiger partial charge in [0, 0.05) is 18.0 Å². The lowest BCUT2D eigenvalue weighted by Crippen LogP contribution is -2.16. The normalized spacial score (nSPS) is 14.0. The second-order valence-corrected chi connectivity index (χ2v) is 7.39. The van der Waals surface area contributed by atoms with Crippen molar-refractivity contribution in [2.75, 3.05) is 38.5 Å². The zero-order chi connectivity index (χ0) is 23.1. The minimum Gasteiger partial charge on any atom is -0.504 e. The van der Waals surface area contributed by atoms with E-state index in [1.54, 1.807) is 24.3 Å². The van der Waals surface area contributed by atoms with E-state index in [-0.39, 0.29) is 22.3 Å². The van der Waals surface area contributed by atoms with Gasteiger partial charge in [0.1, 0.15) is 0 Å². The Hall–Kier alpha value is -3.71. The predicted octanol–water partition coefficient (Wildman–Crippen LogP) is 1.77. The fourth-order valence-corrected chi connectivity index (χ4v) is 3.39. The molecule has 0 bridgehead atoms. The van der Waals surface area contributed by atoms with Gasteiger partial charge in [-0.2, -0.15) is 5.10 Å². The van der Waals surface area contributed by atoms with Crippen LogP contribution in [0.4, 0.5) is 10.8 Å². The van der Waals surface area contributed by atoms with Crippen LogP contribution in [0.15, 0.2) is 39.4 Å². The van der Waals surface area contributed by atoms with Gasteiger partial charge in [-0.05, 0) is 25.0 Å². The molecule has 4 heterocycles. The summed E-state index contributed by atoms with van der Waals surface area (Å²) in [5.74, 6) is -1.09. The van der Waals surface area contributed by atoms with Crippen LogP contribution >= 0.6 is 11.3 Å². The van der Waals surface area contributed by atoms with Gasteiger partial charge in [-0.1, -0.05) is 11.3 Å². The van der Waals surface area contributed by atoms with Crippen molar-refractivity contribution >= 4 is 28.1 Å². The smallest absolute Gasteiger partial charge is 0.381 e. The minimum absolute atomic E-state index is 0.00372. The Balaban J connectivity index is 0.000000305. The van der Waals surface area contributed by atoms with Gasteiger partial charge in [-0.3, -0.25) is 10.1 Å². The lowest BCUT2D eigenvalue weighted by molar-refractivity contribution is 0.0991. The zero-order valence-corrected chi connectivity index (χ0v) is 18.5. The molecule has 0 aliphatic carbocycles. The highest BCUT2D eigenvalue weighted by Crippen LogP contribution is 2.22. The third-order valence-electron chi connectivity index (χ3n) is 4.15. The number of aryl methyl sites for hydroxylation is 1. The van der Waals surface area contributed by atoms with Crippen LogP contribution in [0.1, 0.15) is 22.7 Å². The van der Waals surface area contributed by atoms with Crippen molar-refractivity contribution in [1.82, 2.24) is 20.0 Å². The van der Waals surface area contributed by atoms with E-state index in [1.165, 1.54) is 18.7 Å². The molecular weight excluding hydrogens is 440 g/mol. The topological polar surface area (TPSA) is 157 Å². The molecule has 32 heavy (non-hydrogen) atoms. The average molecular weight is 462 g/mol. The molecule has 1 aliphatic rings. The molecule has 4 rings (SSSR count). The van der Waals surface area contributed by atoms with Crippen molar-refractivity contribution in [3.63, 3.8) is 0 Å². The van der Waals surface area contributed by atoms with Crippen molar-refractivity contribution in [2.24, 2.45) is 0 Å². The number of ether oxygens (including phenoxy) is 3. The first-order chi connectivity index (χ1) is 15.4. The lowest BCUT2D eigenvalue weighted by atomic mass is 10.3. The van der Waals surface area contributed by atoms with Crippen LogP contribution < -0.4 is 21.4 Å². The maximum atomic E-state index is 12.2. The number of anilines is 2. The Labute approximate surface area is 186 Å². The first-order valence-electron chi connectivity index (χ1n) is 9.34. The number of carbonyl (C=O) groups excluding carboxylic acids is 1. The van der Waals surface area contributed by atoms with Crippen LogP contribution in [-0.4, -0.2) is 53.3 Å². The molecule has 1 aliphatic heterocycles. The van der Waals surface area contributed by atoms with Crippen LogP contribution in [0, 0.1) is 6.92 Å². The molecule has 0 saturated carbocycles. The number of amides is 1. The van der Waals surface area contributed by atoms with Gasteiger partial charge in [0.05, 0.1) is 39.4 Å². The SMILES string of the molecule is COC=C1CCOC1.COc1c(N)cc(C(=O)Nc2nnc(-n3nccc3C)s2)oc1=O. The summed E-state index contributed by atoms with van der Waals surface area (Å²) >= 11 is 1.11. The van der Waals surface area contributed by atoms with Gasteiger partial charge in [0.15, 0.2) is 5.76 Å². The van der Waals surface area contributed by atoms with E-state index in [2.05, 4.69) is 20.6 Å². The van der Waals surface area contributed by atoms with Crippen molar-refractivity contribution in [3.05, 3.63) is 52.0 Å². The first kappa shape index (κ1) is 23.0. The quantitative estimate of drug-likeness (QED) is 0.535. The number of hydrogen-bond donors (Lipinski definition) is 2. The summed E-state index contributed by atoms with van der Waals surface area (Å²) in [5.41, 5.74) is 6.94. The molecule has 0 aromatic carbocycles. The molecule has 0 atom stereocenters. The van der Waals surface area contributed by atoms with Crippen molar-refractivity contribution < 1.29 is 23.4 Å². The number of methoxy groups -OCH3 is 2. The average Bonchev–Trinajstić information content (AvgIpc) is 3.51. The molecule has 12 nitrogen and oxygen atoms in total. The summed E-state index contributed by atoms with van der Waals surface area (Å²) < 4.78 is 21.1. The summed E-state index contributed by atoms with van der Waals surface area (Å²) in [6, 6.07) is 3.02. The molecule has 0 radical (unpaired) electrons. The maximum absolute atomic E-state index is 12.2. The van der Waals surface area contributed by atoms with Gasteiger partial charge in [0.25, 0.3) is 5.91 Å². The molecule has 3 N–H and O–H groups in total. The fourth-order valence-electron chi connectivity index (χ4n) is 2.63. The van der Waals surface area contributed by atoms with E-state index >= 15 is 0 Å². The molecule has 0 unspecified atom stereocenters. The summed E-state index contributed by atoms with van der Waals surface area (Å²) in [5, 5.41) is 15.1. The van der Waals surface area contributed by atoms with E-state index in [0.29, 0.717) is 5.13 Å². The van der Waals surface area contributed by atoms with Crippen LogP contribution in [0.3, 0.4) is 0 Å². The van der Waals surface area contributed by atoms with E-state index in [1.807, 2.05) is 13.0 Å². The number of nitrogens with two attached hydrogens (primary N) is 1. The van der Waals surface area contributed by atoms with Gasteiger partial charge < -0.3 is 24.4 Å². The Morgan fingerprint density at radius 1 is 1.38 bits per heavy atom. The summed E-state index contributed by atoms with van der Waals surface area (Å²) in [4.78, 5) is 23.8. The maximum Gasteiger partial charge on any atom is 0.381 e. The standard InChI is InChI=1S/C13H12N6O4S.C6H10O2/c1-6-3-4-15-19(6)13-18-17-12(24-13)16-10(20)8-5-7(14)9(22-2)11(21)23-8;1-7-4-6-2-3-8-5-6/h3-5H,14H2,1-2H3,(H,16,17,20);4H,2-3,5H2,1H3. The summed E-state index contributed by atoms with van der Waals surface area (Å²) in [6.07, 6.45) is 4.42. The van der Waals surface area contributed by atoms with Crippen LogP contribution in [0.25, 0.3) is 5.13 Å². The molecule has 1 amide bonds. The molecule has 0 spiro atoms. The third-order valence-corrected chi connectivity index (χ3v) is 4.97. The van der Waals surface area contributed by atoms with Crippen molar-refractivity contribution in [3.8, 4) is 10.9 Å². The molecule has 170 valence electrons. The summed E-state index contributed by atoms with van der Waals surface area (Å²) in [7, 11) is 2.94. The second kappa shape index (κ2) is 10.5. The van der Waals surface area contributed by atoms with E-state index < -0.39 is 11.5 Å². The van der Waals surface area contributed by atoms with E-state index in [9.17, 15) is 9.59 Å². The Kier molecular flexibility index (Phi) is 7.57. The van der Waals surface area contributed by atoms with Gasteiger partial charge in [-0.15, -0.1) is 10.2 Å². The monoisotopic (exact) mass is 462 g/mol. The van der Waals surface area contributed by atoms with Crippen LogP contribution in [-0.2, 0) is 9.47 Å². The number of hydrogen-bond acceptors (Lipinski definition) is 11. The molecule has 3 aromatic heterocycles.